The number of hydrogen-bond acceptors (Lipinski definition) is 4. The SMILES string of the molecule is CCOP1(=O)Oc2cc(OC)ccc2-c2ccccc21. The molecule has 0 amide bonds. The number of ether oxygens (including phenoxy) is 1. The van der Waals surface area contributed by atoms with Crippen LogP contribution in [0.1, 0.15) is 6.92 Å². The molecule has 1 heterocycles. The van der Waals surface area contributed by atoms with Crippen LogP contribution in [0.5, 0.6) is 11.5 Å². The van der Waals surface area contributed by atoms with Gasteiger partial charge in [-0.15, -0.1) is 0 Å². The second-order valence-corrected chi connectivity index (χ2v) is 6.30. The second-order valence-electron chi connectivity index (χ2n) is 4.39. The van der Waals surface area contributed by atoms with E-state index in [1.54, 1.807) is 26.2 Å². The van der Waals surface area contributed by atoms with E-state index in [1.807, 2.05) is 30.3 Å². The van der Waals surface area contributed by atoms with E-state index in [-0.39, 0.29) is 0 Å². The maximum atomic E-state index is 12.9. The van der Waals surface area contributed by atoms with Crippen LogP contribution < -0.4 is 14.6 Å². The van der Waals surface area contributed by atoms with Crippen molar-refractivity contribution in [3.8, 4) is 22.6 Å². The van der Waals surface area contributed by atoms with Crippen molar-refractivity contribution in [2.45, 2.75) is 6.92 Å². The molecule has 20 heavy (non-hydrogen) atoms. The Kier molecular flexibility index (Phi) is 3.28. The van der Waals surface area contributed by atoms with E-state index >= 15 is 0 Å². The lowest BCUT2D eigenvalue weighted by atomic mass is 10.0. The summed E-state index contributed by atoms with van der Waals surface area (Å²) in [6.45, 7) is 2.12. The molecule has 1 aliphatic heterocycles. The van der Waals surface area contributed by atoms with Crippen molar-refractivity contribution in [2.75, 3.05) is 13.7 Å². The molecule has 2 aromatic carbocycles. The lowest BCUT2D eigenvalue weighted by molar-refractivity contribution is 0.288. The largest absolute Gasteiger partial charge is 0.497 e. The number of benzene rings is 2. The van der Waals surface area contributed by atoms with E-state index < -0.39 is 7.60 Å². The third-order valence-electron chi connectivity index (χ3n) is 3.20. The van der Waals surface area contributed by atoms with Crippen LogP contribution in [0.25, 0.3) is 11.1 Å². The Bertz CT molecular complexity index is 696. The average Bonchev–Trinajstić information content (AvgIpc) is 2.47. The van der Waals surface area contributed by atoms with Gasteiger partial charge in [0.25, 0.3) is 0 Å². The van der Waals surface area contributed by atoms with Gasteiger partial charge >= 0.3 is 7.60 Å². The summed E-state index contributed by atoms with van der Waals surface area (Å²) in [6.07, 6.45) is 0. The highest BCUT2D eigenvalue weighted by Gasteiger charge is 2.37. The van der Waals surface area contributed by atoms with Gasteiger partial charge < -0.3 is 9.26 Å². The minimum absolute atomic E-state index is 0.324. The normalized spacial score (nSPS) is 19.7. The molecule has 3 rings (SSSR count). The van der Waals surface area contributed by atoms with Crippen LogP contribution in [-0.4, -0.2) is 13.7 Å². The Morgan fingerprint density at radius 2 is 1.95 bits per heavy atom. The molecule has 0 saturated carbocycles. The molecule has 0 aliphatic carbocycles. The van der Waals surface area contributed by atoms with Crippen LogP contribution >= 0.6 is 7.60 Å². The van der Waals surface area contributed by atoms with Gasteiger partial charge in [-0.1, -0.05) is 18.2 Å². The quantitative estimate of drug-likeness (QED) is 0.810. The number of rotatable bonds is 3. The van der Waals surface area contributed by atoms with Crippen LogP contribution in [-0.2, 0) is 9.09 Å². The Morgan fingerprint density at radius 1 is 1.15 bits per heavy atom. The van der Waals surface area contributed by atoms with Crippen LogP contribution in [0.4, 0.5) is 0 Å². The Morgan fingerprint density at radius 3 is 2.70 bits per heavy atom. The highest BCUT2D eigenvalue weighted by atomic mass is 31.2. The van der Waals surface area contributed by atoms with Gasteiger partial charge in [-0.2, -0.15) is 0 Å². The summed E-state index contributed by atoms with van der Waals surface area (Å²) < 4.78 is 29.2. The van der Waals surface area contributed by atoms with Crippen molar-refractivity contribution < 1.29 is 18.3 Å². The molecule has 0 N–H and O–H groups in total. The van der Waals surface area contributed by atoms with E-state index in [2.05, 4.69) is 0 Å². The first-order valence-corrected chi connectivity index (χ1v) is 7.94. The summed E-state index contributed by atoms with van der Waals surface area (Å²) in [4.78, 5) is 0. The fraction of sp³-hybridized carbons (Fsp3) is 0.200. The number of methoxy groups -OCH3 is 1. The van der Waals surface area contributed by atoms with E-state index in [4.69, 9.17) is 13.8 Å². The van der Waals surface area contributed by atoms with Crippen molar-refractivity contribution in [3.05, 3.63) is 42.5 Å². The second kappa shape index (κ2) is 4.97. The van der Waals surface area contributed by atoms with Gasteiger partial charge in [0.05, 0.1) is 19.0 Å². The molecule has 0 spiro atoms. The van der Waals surface area contributed by atoms with Crippen molar-refractivity contribution in [2.24, 2.45) is 0 Å². The predicted molar refractivity (Wildman–Crippen MR) is 77.9 cm³/mol. The first-order chi connectivity index (χ1) is 9.68. The molecule has 104 valence electrons. The first-order valence-electron chi connectivity index (χ1n) is 6.40. The smallest absolute Gasteiger partial charge is 0.411 e. The zero-order valence-electron chi connectivity index (χ0n) is 11.3. The van der Waals surface area contributed by atoms with Gasteiger partial charge in [0, 0.05) is 17.2 Å². The highest BCUT2D eigenvalue weighted by Crippen LogP contribution is 2.55. The van der Waals surface area contributed by atoms with Gasteiger partial charge in [-0.25, -0.2) is 4.57 Å². The van der Waals surface area contributed by atoms with Crippen molar-refractivity contribution in [1.82, 2.24) is 0 Å². The molecule has 0 saturated heterocycles. The summed E-state index contributed by atoms with van der Waals surface area (Å²) in [5.41, 5.74) is 1.78. The van der Waals surface area contributed by atoms with E-state index in [9.17, 15) is 4.57 Å². The molecule has 0 fully saturated rings. The molecule has 5 heteroatoms. The maximum absolute atomic E-state index is 12.9. The van der Waals surface area contributed by atoms with Crippen molar-refractivity contribution >= 4 is 12.9 Å². The Balaban J connectivity index is 2.22. The minimum Gasteiger partial charge on any atom is -0.497 e. The molecular formula is C15H15O4P. The van der Waals surface area contributed by atoms with Crippen molar-refractivity contribution in [1.29, 1.82) is 0 Å². The molecular weight excluding hydrogens is 275 g/mol. The lowest BCUT2D eigenvalue weighted by Crippen LogP contribution is -2.19. The van der Waals surface area contributed by atoms with Crippen molar-refractivity contribution in [3.63, 3.8) is 0 Å². The lowest BCUT2D eigenvalue weighted by Gasteiger charge is -2.27. The molecule has 4 nitrogen and oxygen atoms in total. The van der Waals surface area contributed by atoms with E-state index in [0.717, 1.165) is 11.1 Å². The Hall–Kier alpha value is -1.77. The number of hydrogen-bond donors (Lipinski definition) is 0. The van der Waals surface area contributed by atoms with Crippen LogP contribution in [0.15, 0.2) is 42.5 Å². The average molecular weight is 290 g/mol. The number of fused-ring (bicyclic) bond motifs is 3. The molecule has 1 atom stereocenters. The van der Waals surface area contributed by atoms with Gasteiger partial charge in [0.1, 0.15) is 11.5 Å². The molecule has 2 aromatic rings. The van der Waals surface area contributed by atoms with Gasteiger partial charge in [0.15, 0.2) is 0 Å². The maximum Gasteiger partial charge on any atom is 0.411 e. The third-order valence-corrected chi connectivity index (χ3v) is 5.21. The molecule has 0 bridgehead atoms. The summed E-state index contributed by atoms with van der Waals surface area (Å²) >= 11 is 0. The zero-order chi connectivity index (χ0) is 14.2. The highest BCUT2D eigenvalue weighted by molar-refractivity contribution is 7.63. The molecule has 0 radical (unpaired) electrons. The molecule has 0 aromatic heterocycles. The van der Waals surface area contributed by atoms with E-state index in [1.165, 1.54) is 0 Å². The zero-order valence-corrected chi connectivity index (χ0v) is 12.2. The first kappa shape index (κ1) is 13.2. The predicted octanol–water partition coefficient (Wildman–Crippen LogP) is 3.61. The monoisotopic (exact) mass is 290 g/mol. The molecule has 1 unspecified atom stereocenters. The van der Waals surface area contributed by atoms with Crippen LogP contribution in [0.2, 0.25) is 0 Å². The topological polar surface area (TPSA) is 44.8 Å². The summed E-state index contributed by atoms with van der Waals surface area (Å²) in [5, 5.41) is 0.611. The summed E-state index contributed by atoms with van der Waals surface area (Å²) in [7, 11) is -1.74. The van der Waals surface area contributed by atoms with Gasteiger partial charge in [0.2, 0.25) is 0 Å². The summed E-state index contributed by atoms with van der Waals surface area (Å²) in [6, 6.07) is 13.0. The van der Waals surface area contributed by atoms with Crippen LogP contribution in [0, 0.1) is 0 Å². The standard InChI is InChI=1S/C15H15O4P/c1-3-18-20(16)15-7-5-4-6-13(15)12-9-8-11(17-2)10-14(12)19-20/h4-10H,3H2,1-2H3. The van der Waals surface area contributed by atoms with Crippen LogP contribution in [0.3, 0.4) is 0 Å². The summed E-state index contributed by atoms with van der Waals surface area (Å²) in [5.74, 6) is 1.19. The van der Waals surface area contributed by atoms with Gasteiger partial charge in [-0.3, -0.25) is 4.52 Å². The fourth-order valence-corrected chi connectivity index (χ4v) is 4.11. The third kappa shape index (κ3) is 2.01. The van der Waals surface area contributed by atoms with Gasteiger partial charge in [-0.05, 0) is 25.1 Å². The Labute approximate surface area is 117 Å². The van der Waals surface area contributed by atoms with E-state index in [0.29, 0.717) is 23.4 Å². The fourth-order valence-electron chi connectivity index (χ4n) is 2.31. The molecule has 1 aliphatic rings. The minimum atomic E-state index is -3.32.